The molecule has 170 valence electrons. The summed E-state index contributed by atoms with van der Waals surface area (Å²) in [6.45, 7) is 2.13. The van der Waals surface area contributed by atoms with Crippen molar-refractivity contribution in [1.82, 2.24) is 15.2 Å². The highest BCUT2D eigenvalue weighted by Crippen LogP contribution is 2.40. The molecular weight excluding hydrogens is 429 g/mol. The van der Waals surface area contributed by atoms with Crippen LogP contribution in [0.5, 0.6) is 5.75 Å². The Kier molecular flexibility index (Phi) is 4.96. The second kappa shape index (κ2) is 8.15. The molecule has 1 amide bonds. The summed E-state index contributed by atoms with van der Waals surface area (Å²) in [6, 6.07) is 19.1. The molecule has 6 heteroatoms. The number of hydrogen-bond acceptors (Lipinski definition) is 3. The number of carbonyl (C=O) groups is 1. The smallest absolute Gasteiger partial charge is 0.255 e. The molecule has 0 radical (unpaired) electrons. The predicted octanol–water partition coefficient (Wildman–Crippen LogP) is 5.13. The zero-order valence-corrected chi connectivity index (χ0v) is 18.5. The zero-order chi connectivity index (χ0) is 23.2. The number of phenolic OH excluding ortho intramolecular Hbond substituents is 1. The molecule has 2 aliphatic rings. The highest BCUT2D eigenvalue weighted by Gasteiger charge is 2.37. The maximum Gasteiger partial charge on any atom is 0.255 e. The van der Waals surface area contributed by atoms with Crippen molar-refractivity contribution in [2.75, 3.05) is 13.1 Å². The van der Waals surface area contributed by atoms with Crippen LogP contribution in [0.4, 0.5) is 4.39 Å². The topological polar surface area (TPSA) is 68.4 Å². The van der Waals surface area contributed by atoms with Gasteiger partial charge in [0.25, 0.3) is 5.91 Å². The number of benzene rings is 3. The molecule has 0 saturated heterocycles. The number of amides is 1. The van der Waals surface area contributed by atoms with Crippen LogP contribution >= 0.6 is 0 Å². The van der Waals surface area contributed by atoms with Crippen LogP contribution in [0.25, 0.3) is 16.5 Å². The lowest BCUT2D eigenvalue weighted by Crippen LogP contribution is -2.30. The minimum atomic E-state index is -0.662. The molecule has 0 fully saturated rings. The summed E-state index contributed by atoms with van der Waals surface area (Å²) < 4.78 is 14.3. The first-order valence-corrected chi connectivity index (χ1v) is 11.5. The van der Waals surface area contributed by atoms with Crippen LogP contribution in [0, 0.1) is 5.82 Å². The lowest BCUT2D eigenvalue weighted by atomic mass is 9.97. The Labute approximate surface area is 196 Å². The van der Waals surface area contributed by atoms with E-state index in [9.17, 15) is 14.3 Å². The zero-order valence-electron chi connectivity index (χ0n) is 18.5. The maximum atomic E-state index is 14.3. The quantitative estimate of drug-likeness (QED) is 0.401. The molecule has 34 heavy (non-hydrogen) atoms. The van der Waals surface area contributed by atoms with Gasteiger partial charge in [-0.1, -0.05) is 36.4 Å². The number of nitrogens with zero attached hydrogens (tertiary/aromatic N) is 1. The lowest BCUT2D eigenvalue weighted by molar-refractivity contribution is 0.0726. The molecule has 2 aliphatic heterocycles. The SMILES string of the molecule is O=C1c2cc(C3=CCNCC3)ccc2CN1C(c1cc2ccccc2[nH]1)c1cc(F)ccc1O. The Morgan fingerprint density at radius 1 is 1.03 bits per heavy atom. The molecule has 3 heterocycles. The molecule has 0 saturated carbocycles. The minimum absolute atomic E-state index is 0.0469. The number of rotatable bonds is 4. The van der Waals surface area contributed by atoms with Gasteiger partial charge in [0.2, 0.25) is 0 Å². The molecular formula is C28H24FN3O2. The molecule has 1 aromatic heterocycles. The van der Waals surface area contributed by atoms with Crippen LogP contribution in [0.1, 0.15) is 45.2 Å². The molecule has 3 aromatic carbocycles. The van der Waals surface area contributed by atoms with Crippen molar-refractivity contribution in [2.24, 2.45) is 0 Å². The number of fused-ring (bicyclic) bond motifs is 2. The Bertz CT molecular complexity index is 1420. The van der Waals surface area contributed by atoms with Crippen molar-refractivity contribution in [2.45, 2.75) is 19.0 Å². The van der Waals surface area contributed by atoms with Gasteiger partial charge in [-0.2, -0.15) is 0 Å². The summed E-state index contributed by atoms with van der Waals surface area (Å²) in [5.41, 5.74) is 5.89. The first-order chi connectivity index (χ1) is 16.6. The Morgan fingerprint density at radius 3 is 2.74 bits per heavy atom. The highest BCUT2D eigenvalue weighted by atomic mass is 19.1. The third-order valence-electron chi connectivity index (χ3n) is 6.82. The van der Waals surface area contributed by atoms with Gasteiger partial charge in [-0.3, -0.25) is 4.79 Å². The van der Waals surface area contributed by atoms with E-state index in [2.05, 4.69) is 22.4 Å². The fourth-order valence-corrected chi connectivity index (χ4v) is 5.11. The van der Waals surface area contributed by atoms with Gasteiger partial charge in [-0.05, 0) is 71.5 Å². The number of aromatic hydroxyl groups is 1. The van der Waals surface area contributed by atoms with Gasteiger partial charge >= 0.3 is 0 Å². The number of halogens is 1. The number of para-hydroxylation sites is 1. The van der Waals surface area contributed by atoms with Gasteiger partial charge in [0, 0.05) is 35.4 Å². The van der Waals surface area contributed by atoms with Gasteiger partial charge < -0.3 is 20.3 Å². The fourth-order valence-electron chi connectivity index (χ4n) is 5.11. The number of phenols is 1. The fraction of sp³-hybridized carbons (Fsp3) is 0.179. The van der Waals surface area contributed by atoms with Crippen LogP contribution in [-0.4, -0.2) is 34.0 Å². The van der Waals surface area contributed by atoms with Crippen LogP contribution in [0.3, 0.4) is 0 Å². The summed E-state index contributed by atoms with van der Waals surface area (Å²) in [4.78, 5) is 18.8. The minimum Gasteiger partial charge on any atom is -0.508 e. The normalized spacial score (nSPS) is 16.6. The number of H-pyrrole nitrogens is 1. The largest absolute Gasteiger partial charge is 0.508 e. The summed E-state index contributed by atoms with van der Waals surface area (Å²) >= 11 is 0. The molecule has 1 atom stereocenters. The Morgan fingerprint density at radius 2 is 1.91 bits per heavy atom. The van der Waals surface area contributed by atoms with E-state index in [-0.39, 0.29) is 11.7 Å². The summed E-state index contributed by atoms with van der Waals surface area (Å²) in [5, 5.41) is 15.0. The van der Waals surface area contributed by atoms with Crippen molar-refractivity contribution >= 4 is 22.4 Å². The van der Waals surface area contributed by atoms with Gasteiger partial charge in [0.05, 0.1) is 0 Å². The first kappa shape index (κ1) is 20.7. The van der Waals surface area contributed by atoms with E-state index in [4.69, 9.17) is 0 Å². The van der Waals surface area contributed by atoms with Gasteiger partial charge in [-0.15, -0.1) is 0 Å². The van der Waals surface area contributed by atoms with E-state index >= 15 is 0 Å². The molecule has 0 spiro atoms. The number of nitrogens with one attached hydrogen (secondary N) is 2. The lowest BCUT2D eigenvalue weighted by Gasteiger charge is -2.28. The highest BCUT2D eigenvalue weighted by molar-refractivity contribution is 6.00. The van der Waals surface area contributed by atoms with Gasteiger partial charge in [-0.25, -0.2) is 4.39 Å². The predicted molar refractivity (Wildman–Crippen MR) is 130 cm³/mol. The van der Waals surface area contributed by atoms with Crippen molar-refractivity contribution in [1.29, 1.82) is 0 Å². The Balaban J connectivity index is 1.45. The monoisotopic (exact) mass is 453 g/mol. The van der Waals surface area contributed by atoms with Crippen LogP contribution < -0.4 is 5.32 Å². The molecule has 6 rings (SSSR count). The van der Waals surface area contributed by atoms with Crippen molar-refractivity contribution in [3.05, 3.63) is 107 Å². The average Bonchev–Trinajstić information content (AvgIpc) is 3.43. The summed E-state index contributed by atoms with van der Waals surface area (Å²) in [7, 11) is 0. The molecule has 1 unspecified atom stereocenters. The maximum absolute atomic E-state index is 14.3. The molecule has 0 bridgehead atoms. The average molecular weight is 454 g/mol. The summed E-state index contributed by atoms with van der Waals surface area (Å²) in [6.07, 6.45) is 3.09. The van der Waals surface area contributed by atoms with Crippen LogP contribution in [-0.2, 0) is 6.54 Å². The van der Waals surface area contributed by atoms with Crippen molar-refractivity contribution < 1.29 is 14.3 Å². The second-order valence-corrected chi connectivity index (χ2v) is 8.91. The first-order valence-electron chi connectivity index (χ1n) is 11.5. The third kappa shape index (κ3) is 3.47. The van der Waals surface area contributed by atoms with Crippen LogP contribution in [0.15, 0.2) is 72.8 Å². The van der Waals surface area contributed by atoms with E-state index < -0.39 is 11.9 Å². The molecule has 5 nitrogen and oxygen atoms in total. The van der Waals surface area contributed by atoms with E-state index in [1.807, 2.05) is 42.5 Å². The van der Waals surface area contributed by atoms with E-state index in [0.717, 1.165) is 47.2 Å². The summed E-state index contributed by atoms with van der Waals surface area (Å²) in [5.74, 6) is -0.633. The second-order valence-electron chi connectivity index (χ2n) is 8.91. The van der Waals surface area contributed by atoms with Crippen molar-refractivity contribution in [3.8, 4) is 5.75 Å². The standard InChI is InChI=1S/C28H24FN3O2/c29-21-7-8-26(33)23(15-21)27(25-14-19-3-1-2-4-24(19)31-25)32-16-20-6-5-18(13-22(20)28(32)34)17-9-11-30-12-10-17/h1-9,13-15,27,30-31,33H,10-12,16H2. The number of aromatic nitrogens is 1. The number of hydrogen-bond donors (Lipinski definition) is 3. The van der Waals surface area contributed by atoms with Gasteiger partial charge in [0.15, 0.2) is 0 Å². The Hall–Kier alpha value is -3.90. The molecule has 0 aliphatic carbocycles. The third-order valence-corrected chi connectivity index (χ3v) is 6.82. The van der Waals surface area contributed by atoms with E-state index in [1.54, 1.807) is 4.90 Å². The number of aromatic amines is 1. The molecule has 4 aromatic rings. The van der Waals surface area contributed by atoms with Crippen molar-refractivity contribution in [3.63, 3.8) is 0 Å². The molecule has 3 N–H and O–H groups in total. The van der Waals surface area contributed by atoms with Gasteiger partial charge in [0.1, 0.15) is 17.6 Å². The van der Waals surface area contributed by atoms with E-state index in [1.165, 1.54) is 23.8 Å². The van der Waals surface area contributed by atoms with Crippen LogP contribution in [0.2, 0.25) is 0 Å². The number of carbonyl (C=O) groups excluding carboxylic acids is 1. The van der Waals surface area contributed by atoms with E-state index in [0.29, 0.717) is 17.7 Å².